The minimum Gasteiger partial charge on any atom is -0.497 e. The van der Waals surface area contributed by atoms with Crippen LogP contribution in [0.15, 0.2) is 47.0 Å². The number of nitrogens with zero attached hydrogens (tertiary/aromatic N) is 1. The van der Waals surface area contributed by atoms with Gasteiger partial charge in [0.25, 0.3) is 0 Å². The Balaban J connectivity index is 1.39. The highest BCUT2D eigenvalue weighted by molar-refractivity contribution is 5.70. The third-order valence-electron chi connectivity index (χ3n) is 9.31. The second-order valence-electron chi connectivity index (χ2n) is 12.0. The molecule has 0 unspecified atom stereocenters. The van der Waals surface area contributed by atoms with Crippen molar-refractivity contribution in [3.63, 3.8) is 0 Å². The van der Waals surface area contributed by atoms with Crippen LogP contribution in [-0.2, 0) is 16.1 Å². The molecule has 2 aliphatic rings. The number of esters is 1. The van der Waals surface area contributed by atoms with Crippen molar-refractivity contribution in [3.05, 3.63) is 59.5 Å². The Morgan fingerprint density at radius 1 is 1.05 bits per heavy atom. The molecule has 40 heavy (non-hydrogen) atoms. The van der Waals surface area contributed by atoms with Gasteiger partial charge < -0.3 is 23.5 Å². The Morgan fingerprint density at radius 2 is 1.80 bits per heavy atom. The molecule has 0 N–H and O–H groups in total. The van der Waals surface area contributed by atoms with Gasteiger partial charge in [0, 0.05) is 5.92 Å². The maximum Gasteiger partial charge on any atom is 0.306 e. The van der Waals surface area contributed by atoms with Gasteiger partial charge in [0.2, 0.25) is 5.76 Å². The van der Waals surface area contributed by atoms with E-state index in [9.17, 15) is 9.18 Å². The average Bonchev–Trinajstić information content (AvgIpc) is 3.79. The Bertz CT molecular complexity index is 1360. The first kappa shape index (κ1) is 28.0. The van der Waals surface area contributed by atoms with Crippen LogP contribution in [0.3, 0.4) is 0 Å². The number of rotatable bonds is 12. The molecule has 7 nitrogen and oxygen atoms in total. The molecule has 0 bridgehead atoms. The van der Waals surface area contributed by atoms with E-state index in [-0.39, 0.29) is 40.6 Å². The smallest absolute Gasteiger partial charge is 0.306 e. The molecule has 1 aromatic heterocycles. The van der Waals surface area contributed by atoms with Gasteiger partial charge in [-0.05, 0) is 71.4 Å². The highest BCUT2D eigenvalue weighted by Crippen LogP contribution is 2.68. The summed E-state index contributed by atoms with van der Waals surface area (Å²) in [4.78, 5) is 12.0. The average molecular weight is 552 g/mol. The molecule has 8 heteroatoms. The quantitative estimate of drug-likeness (QED) is 0.221. The van der Waals surface area contributed by atoms with Gasteiger partial charge in [-0.15, -0.1) is 0 Å². The number of benzene rings is 2. The van der Waals surface area contributed by atoms with Gasteiger partial charge in [-0.3, -0.25) is 4.79 Å². The van der Waals surface area contributed by atoms with Crippen molar-refractivity contribution >= 4 is 5.97 Å². The van der Waals surface area contributed by atoms with E-state index < -0.39 is 5.82 Å². The van der Waals surface area contributed by atoms with Crippen LogP contribution in [0.1, 0.15) is 64.1 Å². The van der Waals surface area contributed by atoms with Gasteiger partial charge in [-0.2, -0.15) is 0 Å². The minimum absolute atomic E-state index is 0.0659. The molecular weight excluding hydrogens is 513 g/mol. The van der Waals surface area contributed by atoms with Crippen LogP contribution in [0.4, 0.5) is 4.39 Å². The van der Waals surface area contributed by atoms with Crippen LogP contribution in [0.5, 0.6) is 17.2 Å². The number of ether oxygens (including phenoxy) is 4. The highest BCUT2D eigenvalue weighted by atomic mass is 19.1. The number of halogens is 1. The summed E-state index contributed by atoms with van der Waals surface area (Å²) >= 11 is 0. The van der Waals surface area contributed by atoms with E-state index in [0.717, 1.165) is 18.4 Å². The van der Waals surface area contributed by atoms with Gasteiger partial charge in [-0.1, -0.05) is 45.0 Å². The first-order valence-electron chi connectivity index (χ1n) is 13.8. The third-order valence-corrected chi connectivity index (χ3v) is 9.31. The molecule has 5 rings (SSSR count). The number of aromatic nitrogens is 1. The Morgan fingerprint density at radius 3 is 2.45 bits per heavy atom. The van der Waals surface area contributed by atoms with Crippen molar-refractivity contribution in [2.75, 3.05) is 20.8 Å². The normalized spacial score (nSPS) is 18.2. The summed E-state index contributed by atoms with van der Waals surface area (Å²) in [5.74, 6) is 1.90. The maximum absolute atomic E-state index is 14.9. The molecular formula is C32H38FNO6. The lowest BCUT2D eigenvalue weighted by Gasteiger charge is -2.16. The summed E-state index contributed by atoms with van der Waals surface area (Å²) in [6.07, 6.45) is 2.55. The largest absolute Gasteiger partial charge is 0.497 e. The Hall–Kier alpha value is -3.55. The molecule has 214 valence electrons. The fraction of sp³-hybridized carbons (Fsp3) is 0.500. The molecule has 0 saturated heterocycles. The molecule has 0 aliphatic heterocycles. The lowest BCUT2D eigenvalue weighted by Crippen LogP contribution is -2.10. The molecule has 1 atom stereocenters. The fourth-order valence-corrected chi connectivity index (χ4v) is 5.75. The molecule has 1 heterocycles. The van der Waals surface area contributed by atoms with Crippen LogP contribution < -0.4 is 14.2 Å². The molecule has 3 aromatic rings. The molecule has 2 aliphatic carbocycles. The third kappa shape index (κ3) is 5.40. The van der Waals surface area contributed by atoms with Gasteiger partial charge in [0.05, 0.1) is 32.8 Å². The lowest BCUT2D eigenvalue weighted by molar-refractivity contribution is -0.141. The predicted octanol–water partition coefficient (Wildman–Crippen LogP) is 7.19. The van der Waals surface area contributed by atoms with Crippen molar-refractivity contribution in [3.8, 4) is 28.6 Å². The number of methoxy groups -OCH3 is 2. The topological polar surface area (TPSA) is 80.0 Å². The van der Waals surface area contributed by atoms with Gasteiger partial charge >= 0.3 is 5.97 Å². The maximum atomic E-state index is 14.9. The fourth-order valence-electron chi connectivity index (χ4n) is 5.75. The first-order valence-corrected chi connectivity index (χ1v) is 13.8. The van der Waals surface area contributed by atoms with Crippen LogP contribution in [0.2, 0.25) is 0 Å². The number of carbonyl (C=O) groups is 1. The summed E-state index contributed by atoms with van der Waals surface area (Å²) in [5.41, 5.74) is 1.92. The van der Waals surface area contributed by atoms with Crippen molar-refractivity contribution in [2.45, 2.75) is 59.5 Å². The van der Waals surface area contributed by atoms with E-state index in [1.807, 2.05) is 24.3 Å². The molecule has 2 aromatic carbocycles. The van der Waals surface area contributed by atoms with Gasteiger partial charge in [-0.25, -0.2) is 4.39 Å². The van der Waals surface area contributed by atoms with E-state index in [0.29, 0.717) is 47.8 Å². The monoisotopic (exact) mass is 551 g/mol. The minimum atomic E-state index is -0.467. The highest BCUT2D eigenvalue weighted by Gasteiger charge is 2.64. The zero-order valence-electron chi connectivity index (χ0n) is 24.1. The van der Waals surface area contributed by atoms with Gasteiger partial charge in [0.1, 0.15) is 23.9 Å². The summed E-state index contributed by atoms with van der Waals surface area (Å²) in [6, 6.07) is 12.2. The second kappa shape index (κ2) is 10.8. The van der Waals surface area contributed by atoms with Crippen molar-refractivity contribution in [1.29, 1.82) is 0 Å². The molecule has 2 fully saturated rings. The summed E-state index contributed by atoms with van der Waals surface area (Å²) in [5, 5.41) is 4.23. The zero-order chi connectivity index (χ0) is 28.7. The summed E-state index contributed by atoms with van der Waals surface area (Å²) in [7, 11) is 2.94. The van der Waals surface area contributed by atoms with Crippen LogP contribution >= 0.6 is 0 Å². The van der Waals surface area contributed by atoms with Crippen molar-refractivity contribution in [2.24, 2.45) is 22.7 Å². The zero-order valence-corrected chi connectivity index (χ0v) is 24.1. The SMILES string of the molecule is COC(=O)C[C@H](c1cccc(OCc2noc(-c3cc(OC)ccc3F)c2OCC2C(C)(C)C2(C)C)c1)C1CC1. The van der Waals surface area contributed by atoms with Crippen molar-refractivity contribution < 1.29 is 32.7 Å². The first-order chi connectivity index (χ1) is 19.1. The molecule has 0 radical (unpaired) electrons. The summed E-state index contributed by atoms with van der Waals surface area (Å²) in [6.45, 7) is 9.41. The number of hydrogen-bond donors (Lipinski definition) is 0. The lowest BCUT2D eigenvalue weighted by atomic mass is 9.91. The van der Waals surface area contributed by atoms with Crippen LogP contribution in [-0.4, -0.2) is 32.0 Å². The van der Waals surface area contributed by atoms with E-state index in [1.54, 1.807) is 12.1 Å². The number of carbonyl (C=O) groups excluding carboxylic acids is 1. The van der Waals surface area contributed by atoms with E-state index >= 15 is 0 Å². The van der Waals surface area contributed by atoms with Crippen LogP contribution in [0, 0.1) is 28.5 Å². The Kier molecular flexibility index (Phi) is 7.55. The summed E-state index contributed by atoms with van der Waals surface area (Å²) < 4.78 is 43.3. The van der Waals surface area contributed by atoms with E-state index in [4.69, 9.17) is 23.5 Å². The van der Waals surface area contributed by atoms with E-state index in [2.05, 4.69) is 32.9 Å². The predicted molar refractivity (Wildman–Crippen MR) is 148 cm³/mol. The Labute approximate surface area is 234 Å². The van der Waals surface area contributed by atoms with Crippen molar-refractivity contribution in [1.82, 2.24) is 5.16 Å². The molecule has 0 spiro atoms. The van der Waals surface area contributed by atoms with Gasteiger partial charge in [0.15, 0.2) is 11.4 Å². The number of hydrogen-bond acceptors (Lipinski definition) is 7. The van der Waals surface area contributed by atoms with Crippen LogP contribution in [0.25, 0.3) is 11.3 Å². The second-order valence-corrected chi connectivity index (χ2v) is 12.0. The molecule has 2 saturated carbocycles. The standard InChI is InChI=1S/C32H38FNO6/c1-31(2)27(32(31,3)4)18-39-30-26(34-40-29(30)24-15-21(36-5)12-13-25(24)33)17-38-22-9-7-8-20(14-22)23(19-10-11-19)16-28(35)37-6/h7-9,12-15,19,23,27H,10-11,16-18H2,1-6H3/t23-/m0/s1. The molecule has 0 amide bonds. The van der Waals surface area contributed by atoms with E-state index in [1.165, 1.54) is 20.3 Å².